The number of rotatable bonds is 3. The molecule has 2 aromatic carbocycles. The van der Waals surface area contributed by atoms with Crippen LogP contribution in [0.25, 0.3) is 10.9 Å². The summed E-state index contributed by atoms with van der Waals surface area (Å²) in [5.74, 6) is -0.0841. The number of carbonyl (C=O) groups excluding carboxylic acids is 1. The first-order valence-corrected chi connectivity index (χ1v) is 8.73. The number of benzene rings is 2. The van der Waals surface area contributed by atoms with Gasteiger partial charge in [-0.25, -0.2) is 14.4 Å². The second-order valence-corrected chi connectivity index (χ2v) is 6.62. The van der Waals surface area contributed by atoms with Crippen LogP contribution in [0, 0.1) is 5.82 Å². The standard InChI is InChI=1S/C19H16ClFN4O/c20-12-7-8-16(14(21)10-12)24-19(26)17-6-3-9-25(17)18-13-4-1-2-5-15(13)22-11-23-18/h1-2,4-5,7-8,10-11,17H,3,6,9H2,(H,24,26). The predicted octanol–water partition coefficient (Wildman–Crippen LogP) is 4.03. The number of halogens is 2. The van der Waals surface area contributed by atoms with Crippen molar-refractivity contribution in [3.63, 3.8) is 0 Å². The lowest BCUT2D eigenvalue weighted by molar-refractivity contribution is -0.117. The number of amides is 1. The van der Waals surface area contributed by atoms with E-state index in [9.17, 15) is 9.18 Å². The summed E-state index contributed by atoms with van der Waals surface area (Å²) < 4.78 is 14.0. The van der Waals surface area contributed by atoms with Crippen LogP contribution in [0.1, 0.15) is 12.8 Å². The summed E-state index contributed by atoms with van der Waals surface area (Å²) in [5, 5.41) is 3.85. The zero-order valence-corrected chi connectivity index (χ0v) is 14.6. The number of nitrogens with one attached hydrogen (secondary N) is 1. The van der Waals surface area contributed by atoms with Crippen LogP contribution in [0.2, 0.25) is 5.02 Å². The molecule has 1 aliphatic heterocycles. The average molecular weight is 371 g/mol. The maximum atomic E-state index is 14.0. The molecule has 1 aliphatic rings. The first-order chi connectivity index (χ1) is 12.6. The molecule has 4 rings (SSSR count). The van der Waals surface area contributed by atoms with E-state index >= 15 is 0 Å². The molecule has 26 heavy (non-hydrogen) atoms. The number of aromatic nitrogens is 2. The van der Waals surface area contributed by atoms with Gasteiger partial charge in [0.2, 0.25) is 5.91 Å². The maximum Gasteiger partial charge on any atom is 0.247 e. The lowest BCUT2D eigenvalue weighted by Gasteiger charge is -2.25. The summed E-state index contributed by atoms with van der Waals surface area (Å²) in [4.78, 5) is 23.4. The minimum Gasteiger partial charge on any atom is -0.344 e. The molecule has 1 amide bonds. The number of fused-ring (bicyclic) bond motifs is 1. The van der Waals surface area contributed by atoms with Crippen LogP contribution in [0.5, 0.6) is 0 Å². The molecule has 2 heterocycles. The second-order valence-electron chi connectivity index (χ2n) is 6.18. The zero-order chi connectivity index (χ0) is 18.1. The maximum absolute atomic E-state index is 14.0. The highest BCUT2D eigenvalue weighted by molar-refractivity contribution is 6.30. The topological polar surface area (TPSA) is 58.1 Å². The number of para-hydroxylation sites is 1. The van der Waals surface area contributed by atoms with Crippen molar-refractivity contribution in [2.45, 2.75) is 18.9 Å². The number of hydrogen-bond acceptors (Lipinski definition) is 4. The predicted molar refractivity (Wildman–Crippen MR) is 99.9 cm³/mol. The van der Waals surface area contributed by atoms with Gasteiger partial charge in [-0.2, -0.15) is 0 Å². The Morgan fingerprint density at radius 1 is 1.23 bits per heavy atom. The van der Waals surface area contributed by atoms with Crippen LogP contribution >= 0.6 is 11.6 Å². The number of hydrogen-bond donors (Lipinski definition) is 1. The Morgan fingerprint density at radius 2 is 2.08 bits per heavy atom. The number of nitrogens with zero attached hydrogens (tertiary/aromatic N) is 3. The van der Waals surface area contributed by atoms with Gasteiger partial charge < -0.3 is 10.2 Å². The van der Waals surface area contributed by atoms with Crippen molar-refractivity contribution in [1.82, 2.24) is 9.97 Å². The summed E-state index contributed by atoms with van der Waals surface area (Å²) in [6, 6.07) is 11.5. The molecular weight excluding hydrogens is 355 g/mol. The van der Waals surface area contributed by atoms with E-state index in [-0.39, 0.29) is 16.6 Å². The van der Waals surface area contributed by atoms with Crippen LogP contribution in [-0.2, 0) is 4.79 Å². The molecule has 0 spiro atoms. The van der Waals surface area contributed by atoms with E-state index < -0.39 is 11.9 Å². The Kier molecular flexibility index (Phi) is 4.42. The van der Waals surface area contributed by atoms with Gasteiger partial charge in [0.05, 0.1) is 11.2 Å². The SMILES string of the molecule is O=C(Nc1ccc(Cl)cc1F)C1CCCN1c1ncnc2ccccc12. The third-order valence-corrected chi connectivity index (χ3v) is 4.77. The van der Waals surface area contributed by atoms with Crippen molar-refractivity contribution in [3.8, 4) is 0 Å². The van der Waals surface area contributed by atoms with E-state index in [1.807, 2.05) is 29.2 Å². The van der Waals surface area contributed by atoms with E-state index in [4.69, 9.17) is 11.6 Å². The quantitative estimate of drug-likeness (QED) is 0.756. The minimum atomic E-state index is -0.553. The van der Waals surface area contributed by atoms with Crippen molar-refractivity contribution in [2.75, 3.05) is 16.8 Å². The molecule has 0 aliphatic carbocycles. The first-order valence-electron chi connectivity index (χ1n) is 8.36. The van der Waals surface area contributed by atoms with Crippen molar-refractivity contribution >= 4 is 39.9 Å². The van der Waals surface area contributed by atoms with Crippen LogP contribution in [0.4, 0.5) is 15.9 Å². The van der Waals surface area contributed by atoms with Gasteiger partial charge >= 0.3 is 0 Å². The monoisotopic (exact) mass is 370 g/mol. The molecule has 132 valence electrons. The van der Waals surface area contributed by atoms with Crippen LogP contribution in [0.15, 0.2) is 48.8 Å². The summed E-state index contributed by atoms with van der Waals surface area (Å²) in [7, 11) is 0. The smallest absolute Gasteiger partial charge is 0.247 e. The van der Waals surface area contributed by atoms with Gasteiger partial charge in [-0.15, -0.1) is 0 Å². The van der Waals surface area contributed by atoms with Gasteiger partial charge in [0, 0.05) is 17.0 Å². The largest absolute Gasteiger partial charge is 0.344 e. The molecule has 1 atom stereocenters. The Labute approximate surface area is 154 Å². The Bertz CT molecular complexity index is 975. The van der Waals surface area contributed by atoms with Gasteiger partial charge in [-0.3, -0.25) is 4.79 Å². The molecule has 1 unspecified atom stereocenters. The van der Waals surface area contributed by atoms with Crippen molar-refractivity contribution in [1.29, 1.82) is 0 Å². The summed E-state index contributed by atoms with van der Waals surface area (Å²) in [5.41, 5.74) is 0.950. The lowest BCUT2D eigenvalue weighted by Crippen LogP contribution is -2.40. The van der Waals surface area contributed by atoms with E-state index in [2.05, 4.69) is 15.3 Å². The molecule has 0 saturated carbocycles. The van der Waals surface area contributed by atoms with E-state index in [0.29, 0.717) is 13.0 Å². The summed E-state index contributed by atoms with van der Waals surface area (Å²) in [6.07, 6.45) is 3.04. The highest BCUT2D eigenvalue weighted by atomic mass is 35.5. The third-order valence-electron chi connectivity index (χ3n) is 4.54. The fourth-order valence-electron chi connectivity index (χ4n) is 3.32. The van der Waals surface area contributed by atoms with Crippen LogP contribution in [-0.4, -0.2) is 28.5 Å². The molecule has 1 fully saturated rings. The number of carbonyl (C=O) groups is 1. The highest BCUT2D eigenvalue weighted by Crippen LogP contribution is 2.30. The Morgan fingerprint density at radius 3 is 2.92 bits per heavy atom. The molecule has 1 saturated heterocycles. The molecule has 1 N–H and O–H groups in total. The van der Waals surface area contributed by atoms with E-state index in [0.717, 1.165) is 23.1 Å². The van der Waals surface area contributed by atoms with E-state index in [1.165, 1.54) is 18.5 Å². The highest BCUT2D eigenvalue weighted by Gasteiger charge is 2.33. The lowest BCUT2D eigenvalue weighted by atomic mass is 10.1. The molecule has 5 nitrogen and oxygen atoms in total. The van der Waals surface area contributed by atoms with Crippen molar-refractivity contribution in [2.24, 2.45) is 0 Å². The Balaban J connectivity index is 1.62. The molecule has 0 bridgehead atoms. The molecule has 3 aromatic rings. The van der Waals surface area contributed by atoms with Crippen molar-refractivity contribution in [3.05, 3.63) is 59.6 Å². The zero-order valence-electron chi connectivity index (χ0n) is 13.8. The fraction of sp³-hybridized carbons (Fsp3) is 0.211. The number of anilines is 2. The molecular formula is C19H16ClFN4O. The Hall–Kier alpha value is -2.73. The molecule has 0 radical (unpaired) electrons. The molecule has 7 heteroatoms. The van der Waals surface area contributed by atoms with Gasteiger partial charge in [-0.1, -0.05) is 23.7 Å². The minimum absolute atomic E-state index is 0.124. The van der Waals surface area contributed by atoms with Crippen molar-refractivity contribution < 1.29 is 9.18 Å². The average Bonchev–Trinajstić information content (AvgIpc) is 3.13. The second kappa shape index (κ2) is 6.88. The van der Waals surface area contributed by atoms with Gasteiger partial charge in [0.1, 0.15) is 24.0 Å². The molecule has 1 aromatic heterocycles. The van der Waals surface area contributed by atoms with Gasteiger partial charge in [0.25, 0.3) is 0 Å². The summed E-state index contributed by atoms with van der Waals surface area (Å²) >= 11 is 5.76. The summed E-state index contributed by atoms with van der Waals surface area (Å²) in [6.45, 7) is 0.711. The van der Waals surface area contributed by atoms with Gasteiger partial charge in [0.15, 0.2) is 0 Å². The third kappa shape index (κ3) is 3.08. The van der Waals surface area contributed by atoms with Crippen LogP contribution < -0.4 is 10.2 Å². The van der Waals surface area contributed by atoms with Crippen LogP contribution in [0.3, 0.4) is 0 Å². The van der Waals surface area contributed by atoms with E-state index in [1.54, 1.807) is 6.07 Å². The fourth-order valence-corrected chi connectivity index (χ4v) is 3.48. The normalized spacial score (nSPS) is 16.8. The van der Waals surface area contributed by atoms with Gasteiger partial charge in [-0.05, 0) is 43.2 Å². The first kappa shape index (κ1) is 16.7.